The van der Waals surface area contributed by atoms with Gasteiger partial charge in [0.25, 0.3) is 5.22 Å². The number of nitrogens with zero attached hydrogens (tertiary/aromatic N) is 3. The van der Waals surface area contributed by atoms with Crippen LogP contribution in [0.15, 0.2) is 58.2 Å². The lowest BCUT2D eigenvalue weighted by Crippen LogP contribution is -2.32. The maximum atomic E-state index is 12.6. The van der Waals surface area contributed by atoms with Crippen LogP contribution in [0, 0.1) is 6.92 Å². The van der Waals surface area contributed by atoms with Crippen molar-refractivity contribution in [3.8, 4) is 11.5 Å². The molecule has 5 nitrogen and oxygen atoms in total. The molecule has 0 atom stereocenters. The summed E-state index contributed by atoms with van der Waals surface area (Å²) in [5, 5.41) is 8.98. The van der Waals surface area contributed by atoms with Crippen LogP contribution in [0.3, 0.4) is 0 Å². The van der Waals surface area contributed by atoms with Crippen molar-refractivity contribution in [1.29, 1.82) is 0 Å². The fourth-order valence-electron chi connectivity index (χ4n) is 2.55. The molecule has 0 aliphatic rings. The van der Waals surface area contributed by atoms with Crippen molar-refractivity contribution in [3.63, 3.8) is 0 Å². The number of halogens is 1. The van der Waals surface area contributed by atoms with Crippen LogP contribution in [0.5, 0.6) is 0 Å². The second-order valence-corrected chi connectivity index (χ2v) is 6.96. The summed E-state index contributed by atoms with van der Waals surface area (Å²) >= 11 is 7.21. The van der Waals surface area contributed by atoms with E-state index in [9.17, 15) is 4.79 Å². The van der Waals surface area contributed by atoms with Crippen molar-refractivity contribution in [2.24, 2.45) is 0 Å². The van der Waals surface area contributed by atoms with Gasteiger partial charge in [-0.05, 0) is 43.7 Å². The average Bonchev–Trinajstić information content (AvgIpc) is 3.11. The molecule has 0 N–H and O–H groups in total. The quantitative estimate of drug-likeness (QED) is 0.566. The minimum Gasteiger partial charge on any atom is -0.411 e. The standard InChI is InChI=1S/C19H18ClN3O2S/c1-3-23(16-10-5-4-7-13(16)2)17(24)12-26-19-22-21-18(25-19)14-8-6-9-15(20)11-14/h4-11H,3,12H2,1-2H3. The third-order valence-corrected chi connectivity index (χ3v) is 4.86. The van der Waals surface area contributed by atoms with Crippen LogP contribution in [0.4, 0.5) is 5.69 Å². The number of hydrogen-bond acceptors (Lipinski definition) is 5. The number of anilines is 1. The molecule has 0 saturated carbocycles. The van der Waals surface area contributed by atoms with Gasteiger partial charge in [0.05, 0.1) is 5.75 Å². The van der Waals surface area contributed by atoms with Crippen LogP contribution < -0.4 is 4.90 Å². The van der Waals surface area contributed by atoms with Crippen LogP contribution in [0.1, 0.15) is 12.5 Å². The molecule has 0 aliphatic heterocycles. The number of aromatic nitrogens is 2. The zero-order valence-corrected chi connectivity index (χ0v) is 16.0. The number of benzene rings is 2. The summed E-state index contributed by atoms with van der Waals surface area (Å²) < 4.78 is 5.63. The van der Waals surface area contributed by atoms with E-state index in [0.29, 0.717) is 22.7 Å². The Kier molecular flexibility index (Phi) is 5.96. The molecule has 0 spiro atoms. The topological polar surface area (TPSA) is 59.2 Å². The van der Waals surface area contributed by atoms with Crippen LogP contribution in [-0.4, -0.2) is 28.4 Å². The first kappa shape index (κ1) is 18.5. The molecule has 0 saturated heterocycles. The highest BCUT2D eigenvalue weighted by Gasteiger charge is 2.18. The zero-order valence-electron chi connectivity index (χ0n) is 14.5. The van der Waals surface area contributed by atoms with Gasteiger partial charge in [-0.25, -0.2) is 0 Å². The van der Waals surface area contributed by atoms with Gasteiger partial charge in [0.2, 0.25) is 11.8 Å². The maximum absolute atomic E-state index is 12.6. The normalized spacial score (nSPS) is 10.7. The van der Waals surface area contributed by atoms with Crippen molar-refractivity contribution in [2.75, 3.05) is 17.2 Å². The molecular formula is C19H18ClN3O2S. The van der Waals surface area contributed by atoms with Crippen LogP contribution in [-0.2, 0) is 4.79 Å². The predicted octanol–water partition coefficient (Wildman–Crippen LogP) is 4.84. The Balaban J connectivity index is 1.67. The Hall–Kier alpha value is -2.31. The van der Waals surface area contributed by atoms with Crippen LogP contribution in [0.2, 0.25) is 5.02 Å². The first-order valence-electron chi connectivity index (χ1n) is 8.16. The molecule has 0 bridgehead atoms. The second-order valence-electron chi connectivity index (χ2n) is 5.60. The summed E-state index contributed by atoms with van der Waals surface area (Å²) in [4.78, 5) is 14.4. The second kappa shape index (κ2) is 8.38. The largest absolute Gasteiger partial charge is 0.411 e. The molecule has 3 rings (SSSR count). The fraction of sp³-hybridized carbons (Fsp3) is 0.211. The number of carbonyl (C=O) groups excluding carboxylic acids is 1. The summed E-state index contributed by atoms with van der Waals surface area (Å²) in [6.45, 7) is 4.55. The number of hydrogen-bond donors (Lipinski definition) is 0. The van der Waals surface area contributed by atoms with E-state index >= 15 is 0 Å². The Morgan fingerprint density at radius 2 is 2.00 bits per heavy atom. The van der Waals surface area contributed by atoms with Gasteiger partial charge < -0.3 is 9.32 Å². The minimum absolute atomic E-state index is 0.00527. The van der Waals surface area contributed by atoms with Crippen molar-refractivity contribution in [3.05, 3.63) is 59.1 Å². The highest BCUT2D eigenvalue weighted by atomic mass is 35.5. The molecule has 0 radical (unpaired) electrons. The maximum Gasteiger partial charge on any atom is 0.277 e. The van der Waals surface area contributed by atoms with E-state index < -0.39 is 0 Å². The Bertz CT molecular complexity index is 913. The lowest BCUT2D eigenvalue weighted by molar-refractivity contribution is -0.116. The predicted molar refractivity (Wildman–Crippen MR) is 105 cm³/mol. The Labute approximate surface area is 161 Å². The molecule has 1 heterocycles. The fourth-order valence-corrected chi connectivity index (χ4v) is 3.38. The zero-order chi connectivity index (χ0) is 18.5. The van der Waals surface area contributed by atoms with Gasteiger partial charge in [0.1, 0.15) is 0 Å². The Morgan fingerprint density at radius 1 is 1.19 bits per heavy atom. The molecule has 2 aromatic carbocycles. The SMILES string of the molecule is CCN(C(=O)CSc1nnc(-c2cccc(Cl)c2)o1)c1ccccc1C. The molecular weight excluding hydrogens is 370 g/mol. The molecule has 26 heavy (non-hydrogen) atoms. The lowest BCUT2D eigenvalue weighted by atomic mass is 10.2. The minimum atomic E-state index is -0.00527. The Morgan fingerprint density at radius 3 is 2.73 bits per heavy atom. The summed E-state index contributed by atoms with van der Waals surface area (Å²) in [6.07, 6.45) is 0. The molecule has 0 unspecified atom stereocenters. The van der Waals surface area contributed by atoms with E-state index in [1.54, 1.807) is 17.0 Å². The van der Waals surface area contributed by atoms with E-state index in [-0.39, 0.29) is 11.7 Å². The molecule has 1 aromatic heterocycles. The van der Waals surface area contributed by atoms with Gasteiger partial charge in [-0.1, -0.05) is 47.6 Å². The highest BCUT2D eigenvalue weighted by Crippen LogP contribution is 2.26. The summed E-state index contributed by atoms with van der Waals surface area (Å²) in [6, 6.07) is 15.0. The molecule has 3 aromatic rings. The van der Waals surface area contributed by atoms with Crippen LogP contribution >= 0.6 is 23.4 Å². The van der Waals surface area contributed by atoms with Crippen LogP contribution in [0.25, 0.3) is 11.5 Å². The van der Waals surface area contributed by atoms with E-state index in [1.807, 2.05) is 50.2 Å². The van der Waals surface area contributed by atoms with E-state index in [2.05, 4.69) is 10.2 Å². The van der Waals surface area contributed by atoms with Crippen molar-refractivity contribution >= 4 is 35.0 Å². The van der Waals surface area contributed by atoms with E-state index in [1.165, 1.54) is 11.8 Å². The van der Waals surface area contributed by atoms with Gasteiger partial charge >= 0.3 is 0 Å². The van der Waals surface area contributed by atoms with Gasteiger partial charge in [-0.3, -0.25) is 4.79 Å². The smallest absolute Gasteiger partial charge is 0.277 e. The average molecular weight is 388 g/mol. The third kappa shape index (κ3) is 4.26. The summed E-state index contributed by atoms with van der Waals surface area (Å²) in [5.74, 6) is 0.599. The van der Waals surface area contributed by atoms with E-state index in [0.717, 1.165) is 16.8 Å². The molecule has 1 amide bonds. The first-order valence-corrected chi connectivity index (χ1v) is 9.53. The molecule has 0 aliphatic carbocycles. The molecule has 0 fully saturated rings. The molecule has 7 heteroatoms. The van der Waals surface area contributed by atoms with Crippen molar-refractivity contribution in [2.45, 2.75) is 19.1 Å². The molecule has 134 valence electrons. The number of carbonyl (C=O) groups is 1. The van der Waals surface area contributed by atoms with Crippen molar-refractivity contribution < 1.29 is 9.21 Å². The first-order chi connectivity index (χ1) is 12.6. The number of rotatable bonds is 6. The monoisotopic (exact) mass is 387 g/mol. The highest BCUT2D eigenvalue weighted by molar-refractivity contribution is 7.99. The van der Waals surface area contributed by atoms with Gasteiger partial charge in [-0.2, -0.15) is 0 Å². The van der Waals surface area contributed by atoms with Crippen molar-refractivity contribution in [1.82, 2.24) is 10.2 Å². The summed E-state index contributed by atoms with van der Waals surface area (Å²) in [5.41, 5.74) is 2.73. The lowest BCUT2D eigenvalue weighted by Gasteiger charge is -2.22. The number of para-hydroxylation sites is 1. The number of thioether (sulfide) groups is 1. The van der Waals surface area contributed by atoms with Gasteiger partial charge in [-0.15, -0.1) is 10.2 Å². The number of amides is 1. The summed E-state index contributed by atoms with van der Waals surface area (Å²) in [7, 11) is 0. The number of aryl methyl sites for hydroxylation is 1. The van der Waals surface area contributed by atoms with E-state index in [4.69, 9.17) is 16.0 Å². The van der Waals surface area contributed by atoms with Gasteiger partial charge in [0.15, 0.2) is 0 Å². The third-order valence-electron chi connectivity index (χ3n) is 3.82. The van der Waals surface area contributed by atoms with Gasteiger partial charge in [0, 0.05) is 22.8 Å².